The number of nitrogens with zero attached hydrogens (tertiary/aromatic N) is 1. The minimum atomic E-state index is -0.500. The van der Waals surface area contributed by atoms with Crippen LogP contribution in [0.2, 0.25) is 0 Å². The summed E-state index contributed by atoms with van der Waals surface area (Å²) in [6.45, 7) is 0.646. The molecule has 66 valence electrons. The highest BCUT2D eigenvalue weighted by molar-refractivity contribution is 6.45. The van der Waals surface area contributed by atoms with Crippen LogP contribution in [0.15, 0.2) is 29.4 Å². The molecule has 1 heterocycles. The van der Waals surface area contributed by atoms with E-state index < -0.39 is 5.91 Å². The molecule has 1 aromatic rings. The Kier molecular flexibility index (Phi) is 1.73. The molecule has 0 saturated carbocycles. The maximum atomic E-state index is 11.0. The maximum absolute atomic E-state index is 11.0. The summed E-state index contributed by atoms with van der Waals surface area (Å²) in [6, 6.07) is 7.58. The van der Waals surface area contributed by atoms with E-state index in [9.17, 15) is 4.79 Å². The average molecular weight is 175 g/mol. The van der Waals surface area contributed by atoms with Crippen molar-refractivity contribution < 1.29 is 4.79 Å². The fourth-order valence-corrected chi connectivity index (χ4v) is 1.36. The van der Waals surface area contributed by atoms with Gasteiger partial charge in [-0.3, -0.25) is 4.79 Å². The number of carbonyl (C=O) groups excluding carboxylic acids is 1. The molecule has 0 bridgehead atoms. The van der Waals surface area contributed by atoms with Crippen LogP contribution in [0.4, 0.5) is 0 Å². The molecule has 1 amide bonds. The van der Waals surface area contributed by atoms with Gasteiger partial charge >= 0.3 is 0 Å². The smallest absolute Gasteiger partial charge is 0.269 e. The largest absolute Gasteiger partial charge is 0.364 e. The third kappa shape index (κ3) is 1.26. The first-order valence-electron chi connectivity index (χ1n) is 3.97. The van der Waals surface area contributed by atoms with Crippen LogP contribution in [0.5, 0.6) is 0 Å². The maximum Gasteiger partial charge on any atom is 0.269 e. The second-order valence-electron chi connectivity index (χ2n) is 2.82. The molecule has 0 aliphatic carbocycles. The number of rotatable bonds is 1. The zero-order valence-electron chi connectivity index (χ0n) is 6.95. The zero-order chi connectivity index (χ0) is 9.26. The zero-order valence-corrected chi connectivity index (χ0v) is 6.95. The van der Waals surface area contributed by atoms with E-state index >= 15 is 0 Å². The third-order valence-corrected chi connectivity index (χ3v) is 1.97. The van der Waals surface area contributed by atoms with Crippen LogP contribution in [-0.4, -0.2) is 11.6 Å². The highest BCUT2D eigenvalue weighted by Crippen LogP contribution is 2.12. The number of hydrazone groups is 1. The van der Waals surface area contributed by atoms with E-state index in [0.29, 0.717) is 12.3 Å². The number of benzene rings is 1. The van der Waals surface area contributed by atoms with Crippen molar-refractivity contribution in [3.63, 3.8) is 0 Å². The lowest BCUT2D eigenvalue weighted by Crippen LogP contribution is -2.31. The van der Waals surface area contributed by atoms with E-state index in [1.165, 1.54) is 0 Å². The molecular formula is C9H9N3O. The average Bonchev–Trinajstić information content (AvgIpc) is 2.17. The minimum absolute atomic E-state index is 0.307. The molecule has 0 spiro atoms. The predicted octanol–water partition coefficient (Wildman–Crippen LogP) is -0.0208. The second kappa shape index (κ2) is 2.90. The molecule has 1 aromatic carbocycles. The van der Waals surface area contributed by atoms with Crippen molar-refractivity contribution in [3.05, 3.63) is 35.4 Å². The monoisotopic (exact) mass is 175 g/mol. The summed E-state index contributed by atoms with van der Waals surface area (Å²) in [7, 11) is 0. The summed E-state index contributed by atoms with van der Waals surface area (Å²) in [5.41, 5.74) is 10.1. The van der Waals surface area contributed by atoms with Gasteiger partial charge in [0.25, 0.3) is 5.91 Å². The number of hydrogen-bond donors (Lipinski definition) is 2. The van der Waals surface area contributed by atoms with E-state index in [1.807, 2.05) is 24.3 Å². The van der Waals surface area contributed by atoms with Crippen molar-refractivity contribution in [2.24, 2.45) is 10.8 Å². The molecule has 4 heteroatoms. The van der Waals surface area contributed by atoms with Gasteiger partial charge in [-0.25, -0.2) is 0 Å². The van der Waals surface area contributed by atoms with Crippen LogP contribution in [0.3, 0.4) is 0 Å². The van der Waals surface area contributed by atoms with Crippen molar-refractivity contribution in [1.82, 2.24) is 5.43 Å². The Bertz CT molecular complexity index is 384. The molecule has 0 radical (unpaired) electrons. The van der Waals surface area contributed by atoms with E-state index in [0.717, 1.165) is 11.1 Å². The Morgan fingerprint density at radius 3 is 3.00 bits per heavy atom. The molecule has 0 atom stereocenters. The summed E-state index contributed by atoms with van der Waals surface area (Å²) in [4.78, 5) is 11.0. The number of nitrogens with two attached hydrogens (primary N) is 1. The fourth-order valence-electron chi connectivity index (χ4n) is 1.36. The lowest BCUT2D eigenvalue weighted by atomic mass is 10.0. The molecule has 0 unspecified atom stereocenters. The molecule has 13 heavy (non-hydrogen) atoms. The van der Waals surface area contributed by atoms with Crippen LogP contribution in [0, 0.1) is 0 Å². The van der Waals surface area contributed by atoms with Crippen LogP contribution in [0.1, 0.15) is 11.1 Å². The van der Waals surface area contributed by atoms with Crippen LogP contribution < -0.4 is 11.2 Å². The van der Waals surface area contributed by atoms with Crippen LogP contribution in [0.25, 0.3) is 0 Å². The molecule has 0 fully saturated rings. The number of fused-ring (bicyclic) bond motifs is 1. The van der Waals surface area contributed by atoms with Gasteiger partial charge in [0.05, 0.1) is 6.54 Å². The van der Waals surface area contributed by atoms with Gasteiger partial charge in [-0.2, -0.15) is 5.10 Å². The van der Waals surface area contributed by atoms with E-state index in [-0.39, 0.29) is 0 Å². The number of nitrogens with one attached hydrogen (secondary N) is 1. The van der Waals surface area contributed by atoms with Gasteiger partial charge in [0, 0.05) is 5.56 Å². The second-order valence-corrected chi connectivity index (χ2v) is 2.82. The normalized spacial score (nSPS) is 14.0. The van der Waals surface area contributed by atoms with E-state index in [1.54, 1.807) is 0 Å². The molecule has 3 N–H and O–H groups in total. The SMILES string of the molecule is NC(=O)C1=NNCc2ccccc21. The number of hydrogen-bond acceptors (Lipinski definition) is 3. The van der Waals surface area contributed by atoms with Crippen molar-refractivity contribution >= 4 is 11.6 Å². The topological polar surface area (TPSA) is 67.5 Å². The highest BCUT2D eigenvalue weighted by atomic mass is 16.1. The summed E-state index contributed by atoms with van der Waals surface area (Å²) in [6.07, 6.45) is 0. The van der Waals surface area contributed by atoms with E-state index in [4.69, 9.17) is 5.73 Å². The summed E-state index contributed by atoms with van der Waals surface area (Å²) < 4.78 is 0. The Balaban J connectivity index is 2.53. The molecular weight excluding hydrogens is 166 g/mol. The molecule has 1 aliphatic rings. The Labute approximate surface area is 75.4 Å². The summed E-state index contributed by atoms with van der Waals surface area (Å²) in [5, 5.41) is 3.86. The molecule has 0 aromatic heterocycles. The summed E-state index contributed by atoms with van der Waals surface area (Å²) >= 11 is 0. The quantitative estimate of drug-likeness (QED) is 0.629. The minimum Gasteiger partial charge on any atom is -0.364 e. The van der Waals surface area contributed by atoms with E-state index in [2.05, 4.69) is 10.5 Å². The van der Waals surface area contributed by atoms with Crippen LogP contribution >= 0.6 is 0 Å². The van der Waals surface area contributed by atoms with Crippen LogP contribution in [-0.2, 0) is 11.3 Å². The van der Waals surface area contributed by atoms with Gasteiger partial charge < -0.3 is 11.2 Å². The Hall–Kier alpha value is -1.84. The van der Waals surface area contributed by atoms with Gasteiger partial charge in [0.2, 0.25) is 0 Å². The molecule has 1 aliphatic heterocycles. The van der Waals surface area contributed by atoms with Crippen molar-refractivity contribution in [2.75, 3.05) is 0 Å². The Morgan fingerprint density at radius 1 is 1.46 bits per heavy atom. The predicted molar refractivity (Wildman–Crippen MR) is 49.0 cm³/mol. The lowest BCUT2D eigenvalue weighted by molar-refractivity contribution is -0.112. The van der Waals surface area contributed by atoms with Gasteiger partial charge in [-0.15, -0.1) is 0 Å². The van der Waals surface area contributed by atoms with Gasteiger partial charge in [-0.1, -0.05) is 24.3 Å². The van der Waals surface area contributed by atoms with Crippen molar-refractivity contribution in [3.8, 4) is 0 Å². The fraction of sp³-hybridized carbons (Fsp3) is 0.111. The first-order chi connectivity index (χ1) is 6.29. The number of carbonyl (C=O) groups is 1. The van der Waals surface area contributed by atoms with Gasteiger partial charge in [0.1, 0.15) is 0 Å². The molecule has 4 nitrogen and oxygen atoms in total. The van der Waals surface area contributed by atoms with Crippen molar-refractivity contribution in [1.29, 1.82) is 0 Å². The van der Waals surface area contributed by atoms with Gasteiger partial charge in [-0.05, 0) is 5.56 Å². The molecule has 0 saturated heterocycles. The third-order valence-electron chi connectivity index (χ3n) is 1.97. The standard InChI is InChI=1S/C9H9N3O/c10-9(13)8-7-4-2-1-3-6(7)5-11-12-8/h1-4,11H,5H2,(H2,10,13). The lowest BCUT2D eigenvalue weighted by Gasteiger charge is -2.14. The number of primary amides is 1. The first-order valence-corrected chi connectivity index (χ1v) is 3.97. The summed E-state index contributed by atoms with van der Waals surface area (Å²) in [5.74, 6) is -0.500. The highest BCUT2D eigenvalue weighted by Gasteiger charge is 2.17. The number of amides is 1. The first kappa shape index (κ1) is 7.79. The van der Waals surface area contributed by atoms with Crippen molar-refractivity contribution in [2.45, 2.75) is 6.54 Å². The van der Waals surface area contributed by atoms with Gasteiger partial charge in [0.15, 0.2) is 5.71 Å². The molecule has 2 rings (SSSR count). The Morgan fingerprint density at radius 2 is 2.23 bits per heavy atom.